The van der Waals surface area contributed by atoms with E-state index in [0.717, 1.165) is 40.6 Å². The van der Waals surface area contributed by atoms with E-state index in [0.29, 0.717) is 13.3 Å². The van der Waals surface area contributed by atoms with Crippen molar-refractivity contribution in [3.8, 4) is 11.5 Å². The lowest BCUT2D eigenvalue weighted by molar-refractivity contribution is 0.174. The Kier molecular flexibility index (Phi) is 7.63. The van der Waals surface area contributed by atoms with Crippen LogP contribution in [0.2, 0.25) is 0 Å². The third-order valence-electron chi connectivity index (χ3n) is 3.25. The minimum Gasteiger partial charge on any atom is -0.454 e. The lowest BCUT2D eigenvalue weighted by Crippen LogP contribution is -2.36. The van der Waals surface area contributed by atoms with E-state index < -0.39 is 0 Å². The number of fused-ring (bicyclic) bond motifs is 1. The van der Waals surface area contributed by atoms with E-state index in [2.05, 4.69) is 49.9 Å². The molecule has 8 heteroatoms. The van der Waals surface area contributed by atoms with Crippen molar-refractivity contribution in [2.24, 2.45) is 4.99 Å². The monoisotopic (exact) mass is 523 g/mol. The van der Waals surface area contributed by atoms with Gasteiger partial charge >= 0.3 is 0 Å². The molecule has 0 radical (unpaired) electrons. The summed E-state index contributed by atoms with van der Waals surface area (Å²) in [6.45, 7) is 4.51. The molecule has 5 nitrogen and oxygen atoms in total. The van der Waals surface area contributed by atoms with Crippen LogP contribution in [0.4, 0.5) is 0 Å². The Hall–Kier alpha value is -1.000. The number of nitrogens with one attached hydrogen (secondary N) is 2. The van der Waals surface area contributed by atoms with E-state index in [1.807, 2.05) is 18.2 Å². The van der Waals surface area contributed by atoms with Gasteiger partial charge in [-0.25, -0.2) is 4.99 Å². The van der Waals surface area contributed by atoms with Gasteiger partial charge in [0, 0.05) is 21.3 Å². The molecule has 0 saturated heterocycles. The molecule has 1 aliphatic heterocycles. The first-order valence-corrected chi connectivity index (χ1v) is 9.05. The average Bonchev–Trinajstić information content (AvgIpc) is 3.18. The first kappa shape index (κ1) is 19.3. The SMILES string of the molecule is CCNC(=NCc1ccc2c(c1)OCO2)NCc1cc(Br)cs1.I. The van der Waals surface area contributed by atoms with Crippen LogP contribution in [0, 0.1) is 0 Å². The van der Waals surface area contributed by atoms with Gasteiger partial charge in [0.1, 0.15) is 0 Å². The van der Waals surface area contributed by atoms with Crippen LogP contribution < -0.4 is 20.1 Å². The summed E-state index contributed by atoms with van der Waals surface area (Å²) >= 11 is 5.19. The summed E-state index contributed by atoms with van der Waals surface area (Å²) in [4.78, 5) is 5.88. The first-order chi connectivity index (χ1) is 11.2. The summed E-state index contributed by atoms with van der Waals surface area (Å²) in [6, 6.07) is 8.03. The number of nitrogens with zero attached hydrogens (tertiary/aromatic N) is 1. The fraction of sp³-hybridized carbons (Fsp3) is 0.312. The molecule has 2 aromatic rings. The maximum Gasteiger partial charge on any atom is 0.231 e. The number of halogens is 2. The average molecular weight is 524 g/mol. The van der Waals surface area contributed by atoms with E-state index in [1.54, 1.807) is 11.3 Å². The number of hydrogen-bond acceptors (Lipinski definition) is 4. The normalized spacial score (nSPS) is 12.7. The zero-order valence-electron chi connectivity index (χ0n) is 13.2. The molecule has 0 amide bonds. The van der Waals surface area contributed by atoms with Crippen molar-refractivity contribution in [2.75, 3.05) is 13.3 Å². The minimum atomic E-state index is 0. The Balaban J connectivity index is 0.00000208. The quantitative estimate of drug-likeness (QED) is 0.352. The first-order valence-electron chi connectivity index (χ1n) is 7.38. The number of ether oxygens (including phenoxy) is 2. The molecule has 1 aliphatic rings. The van der Waals surface area contributed by atoms with Gasteiger partial charge in [-0.05, 0) is 46.6 Å². The summed E-state index contributed by atoms with van der Waals surface area (Å²) in [5, 5.41) is 8.68. The minimum absolute atomic E-state index is 0. The summed E-state index contributed by atoms with van der Waals surface area (Å²) in [7, 11) is 0. The smallest absolute Gasteiger partial charge is 0.231 e. The molecule has 0 saturated carbocycles. The molecule has 1 aromatic carbocycles. The van der Waals surface area contributed by atoms with Crippen molar-refractivity contribution in [1.82, 2.24) is 10.6 Å². The standard InChI is InChI=1S/C16H18BrN3O2S.HI/c1-2-18-16(20-8-13-6-12(17)9-23-13)19-7-11-3-4-14-15(5-11)22-10-21-14;/h3-6,9H,2,7-8,10H2,1H3,(H2,18,19,20);1H. The second-order valence-corrected chi connectivity index (χ2v) is 6.88. The van der Waals surface area contributed by atoms with Gasteiger partial charge in [0.2, 0.25) is 6.79 Å². The van der Waals surface area contributed by atoms with E-state index in [4.69, 9.17) is 9.47 Å². The van der Waals surface area contributed by atoms with Crippen LogP contribution in [-0.2, 0) is 13.1 Å². The van der Waals surface area contributed by atoms with Crippen LogP contribution in [0.3, 0.4) is 0 Å². The number of rotatable bonds is 5. The van der Waals surface area contributed by atoms with Gasteiger partial charge in [0.15, 0.2) is 17.5 Å². The van der Waals surface area contributed by atoms with Gasteiger partial charge in [0.25, 0.3) is 0 Å². The van der Waals surface area contributed by atoms with E-state index in [1.165, 1.54) is 4.88 Å². The molecule has 0 atom stereocenters. The molecular weight excluding hydrogens is 505 g/mol. The zero-order valence-corrected chi connectivity index (χ0v) is 17.9. The summed E-state index contributed by atoms with van der Waals surface area (Å²) in [6.07, 6.45) is 0. The van der Waals surface area contributed by atoms with Gasteiger partial charge in [-0.1, -0.05) is 6.07 Å². The van der Waals surface area contributed by atoms with Crippen LogP contribution in [0.15, 0.2) is 39.1 Å². The molecule has 2 heterocycles. The van der Waals surface area contributed by atoms with Crippen molar-refractivity contribution in [1.29, 1.82) is 0 Å². The van der Waals surface area contributed by atoms with Crippen molar-refractivity contribution in [2.45, 2.75) is 20.0 Å². The van der Waals surface area contributed by atoms with E-state index in [9.17, 15) is 0 Å². The molecule has 0 fully saturated rings. The molecular formula is C16H19BrIN3O2S. The molecule has 0 aliphatic carbocycles. The highest BCUT2D eigenvalue weighted by atomic mass is 127. The Morgan fingerprint density at radius 1 is 1.25 bits per heavy atom. The van der Waals surface area contributed by atoms with Gasteiger partial charge in [-0.15, -0.1) is 35.3 Å². The molecule has 24 heavy (non-hydrogen) atoms. The second-order valence-electron chi connectivity index (χ2n) is 4.97. The van der Waals surface area contributed by atoms with E-state index >= 15 is 0 Å². The van der Waals surface area contributed by atoms with Crippen molar-refractivity contribution in [3.05, 3.63) is 44.6 Å². The highest BCUT2D eigenvalue weighted by Gasteiger charge is 2.12. The Labute approximate surface area is 171 Å². The molecule has 0 unspecified atom stereocenters. The molecule has 0 spiro atoms. The Bertz CT molecular complexity index is 708. The number of aliphatic imine (C=N–C) groups is 1. The van der Waals surface area contributed by atoms with Gasteiger partial charge < -0.3 is 20.1 Å². The summed E-state index contributed by atoms with van der Waals surface area (Å²) in [5.74, 6) is 2.39. The molecule has 3 rings (SSSR count). The molecule has 130 valence electrons. The van der Waals surface area contributed by atoms with E-state index in [-0.39, 0.29) is 24.0 Å². The Morgan fingerprint density at radius 3 is 2.83 bits per heavy atom. The number of thiophene rings is 1. The fourth-order valence-corrected chi connectivity index (χ4v) is 3.56. The van der Waals surface area contributed by atoms with Crippen molar-refractivity contribution < 1.29 is 9.47 Å². The topological polar surface area (TPSA) is 54.9 Å². The van der Waals surface area contributed by atoms with Crippen molar-refractivity contribution in [3.63, 3.8) is 0 Å². The van der Waals surface area contributed by atoms with Crippen LogP contribution >= 0.6 is 51.2 Å². The second kappa shape index (κ2) is 9.47. The highest BCUT2D eigenvalue weighted by molar-refractivity contribution is 14.0. The third kappa shape index (κ3) is 5.25. The Morgan fingerprint density at radius 2 is 2.08 bits per heavy atom. The van der Waals surface area contributed by atoms with Crippen LogP contribution in [0.5, 0.6) is 11.5 Å². The van der Waals surface area contributed by atoms with Crippen LogP contribution in [-0.4, -0.2) is 19.3 Å². The number of guanidine groups is 1. The van der Waals surface area contributed by atoms with Crippen molar-refractivity contribution >= 4 is 57.2 Å². The van der Waals surface area contributed by atoms with Crippen LogP contribution in [0.25, 0.3) is 0 Å². The molecule has 0 bridgehead atoms. The maximum absolute atomic E-state index is 5.40. The highest BCUT2D eigenvalue weighted by Crippen LogP contribution is 2.32. The van der Waals surface area contributed by atoms with Gasteiger partial charge in [-0.2, -0.15) is 0 Å². The number of benzene rings is 1. The largest absolute Gasteiger partial charge is 0.454 e. The summed E-state index contributed by atoms with van der Waals surface area (Å²) in [5.41, 5.74) is 1.09. The van der Waals surface area contributed by atoms with Gasteiger partial charge in [0.05, 0.1) is 13.1 Å². The van der Waals surface area contributed by atoms with Crippen LogP contribution in [0.1, 0.15) is 17.4 Å². The molecule has 1 aromatic heterocycles. The maximum atomic E-state index is 5.40. The third-order valence-corrected chi connectivity index (χ3v) is 4.95. The fourth-order valence-electron chi connectivity index (χ4n) is 2.17. The molecule has 2 N–H and O–H groups in total. The number of hydrogen-bond donors (Lipinski definition) is 2. The summed E-state index contributed by atoms with van der Waals surface area (Å²) < 4.78 is 11.8. The predicted octanol–water partition coefficient (Wildman–Crippen LogP) is 4.11. The lowest BCUT2D eigenvalue weighted by Gasteiger charge is -2.10. The predicted molar refractivity (Wildman–Crippen MR) is 112 cm³/mol. The zero-order chi connectivity index (χ0) is 16.1. The van der Waals surface area contributed by atoms with Gasteiger partial charge in [-0.3, -0.25) is 0 Å². The lowest BCUT2D eigenvalue weighted by atomic mass is 10.2.